The van der Waals surface area contributed by atoms with Gasteiger partial charge in [-0.3, -0.25) is 14.5 Å². The molecule has 2 aliphatic rings. The van der Waals surface area contributed by atoms with Gasteiger partial charge in [-0.05, 0) is 31.8 Å². The second-order valence-electron chi connectivity index (χ2n) is 6.37. The Morgan fingerprint density at radius 2 is 1.96 bits per heavy atom. The highest BCUT2D eigenvalue weighted by Crippen LogP contribution is 2.12. The number of piperazine rings is 1. The molecule has 0 aliphatic carbocycles. The zero-order valence-corrected chi connectivity index (χ0v) is 14.0. The molecule has 2 aliphatic heterocycles. The normalized spacial score (nSPS) is 23.4. The van der Waals surface area contributed by atoms with Crippen LogP contribution in [0.3, 0.4) is 0 Å². The lowest BCUT2D eigenvalue weighted by Gasteiger charge is -2.33. The third kappa shape index (κ3) is 7.28. The summed E-state index contributed by atoms with van der Waals surface area (Å²) in [6.07, 6.45) is 2.56. The third-order valence-corrected chi connectivity index (χ3v) is 4.40. The van der Waals surface area contributed by atoms with Gasteiger partial charge in [0.1, 0.15) is 6.61 Å². The van der Waals surface area contributed by atoms with Crippen molar-refractivity contribution in [1.29, 1.82) is 0 Å². The summed E-state index contributed by atoms with van der Waals surface area (Å²) in [6, 6.07) is 0.113. The fourth-order valence-corrected chi connectivity index (χ4v) is 3.07. The second-order valence-corrected chi connectivity index (χ2v) is 6.37. The highest BCUT2D eigenvalue weighted by atomic mass is 16.5. The maximum absolute atomic E-state index is 12.0. The summed E-state index contributed by atoms with van der Waals surface area (Å²) in [4.78, 5) is 25.0. The Morgan fingerprint density at radius 3 is 2.70 bits per heavy atom. The molecule has 2 saturated heterocycles. The molecule has 0 aromatic carbocycles. The van der Waals surface area contributed by atoms with E-state index in [0.29, 0.717) is 32.1 Å². The number of nitrogens with one attached hydrogen (secondary N) is 2. The molecule has 0 spiro atoms. The van der Waals surface area contributed by atoms with Crippen molar-refractivity contribution >= 4 is 11.9 Å². The van der Waals surface area contributed by atoms with Gasteiger partial charge in [-0.1, -0.05) is 0 Å². The summed E-state index contributed by atoms with van der Waals surface area (Å²) in [7, 11) is 0. The molecule has 132 valence electrons. The number of esters is 2. The topological polar surface area (TPSA) is 79.9 Å². The quantitative estimate of drug-likeness (QED) is 0.625. The minimum atomic E-state index is -0.252. The Kier molecular flexibility index (Phi) is 7.78. The molecule has 23 heavy (non-hydrogen) atoms. The molecule has 2 heterocycles. The van der Waals surface area contributed by atoms with Crippen molar-refractivity contribution in [3.8, 4) is 0 Å². The highest BCUT2D eigenvalue weighted by Gasteiger charge is 2.23. The standard InChI is InChI=1S/C16H29N3O4/c1-13(20)22-9-8-19-7-6-18-15(11-19)10-16(21)23-12-14-2-4-17-5-3-14/h14-15,17-18H,2-12H2,1H3. The van der Waals surface area contributed by atoms with Crippen molar-refractivity contribution in [3.05, 3.63) is 0 Å². The SMILES string of the molecule is CC(=O)OCCN1CCNC(CC(=O)OCC2CCNCC2)C1. The monoisotopic (exact) mass is 327 g/mol. The number of ether oxygens (including phenoxy) is 2. The van der Waals surface area contributed by atoms with Crippen molar-refractivity contribution in [1.82, 2.24) is 15.5 Å². The minimum absolute atomic E-state index is 0.113. The molecular weight excluding hydrogens is 298 g/mol. The van der Waals surface area contributed by atoms with Crippen LogP contribution in [-0.4, -0.2) is 75.4 Å². The van der Waals surface area contributed by atoms with Gasteiger partial charge in [-0.2, -0.15) is 0 Å². The number of rotatable bonds is 7. The second kappa shape index (κ2) is 9.85. The van der Waals surface area contributed by atoms with Gasteiger partial charge >= 0.3 is 11.9 Å². The lowest BCUT2D eigenvalue weighted by Crippen LogP contribution is -2.52. The number of carbonyl (C=O) groups excluding carboxylic acids is 2. The van der Waals surface area contributed by atoms with E-state index in [2.05, 4.69) is 15.5 Å². The Hall–Kier alpha value is -1.18. The summed E-state index contributed by atoms with van der Waals surface area (Å²) in [6.45, 7) is 7.64. The van der Waals surface area contributed by atoms with E-state index in [4.69, 9.17) is 9.47 Å². The first-order valence-electron chi connectivity index (χ1n) is 8.59. The van der Waals surface area contributed by atoms with E-state index in [-0.39, 0.29) is 18.0 Å². The molecule has 7 nitrogen and oxygen atoms in total. The molecule has 7 heteroatoms. The molecule has 0 bridgehead atoms. The van der Waals surface area contributed by atoms with Crippen LogP contribution in [0.2, 0.25) is 0 Å². The Balaban J connectivity index is 1.61. The van der Waals surface area contributed by atoms with Crippen LogP contribution in [0.25, 0.3) is 0 Å². The van der Waals surface area contributed by atoms with Crippen molar-refractivity contribution in [2.45, 2.75) is 32.2 Å². The smallest absolute Gasteiger partial charge is 0.307 e. The van der Waals surface area contributed by atoms with Crippen LogP contribution >= 0.6 is 0 Å². The van der Waals surface area contributed by atoms with E-state index in [9.17, 15) is 9.59 Å². The van der Waals surface area contributed by atoms with Gasteiger partial charge in [0.15, 0.2) is 0 Å². The van der Waals surface area contributed by atoms with E-state index < -0.39 is 0 Å². The molecule has 0 saturated carbocycles. The van der Waals surface area contributed by atoms with Crippen LogP contribution in [0.5, 0.6) is 0 Å². The molecule has 1 atom stereocenters. The largest absolute Gasteiger partial charge is 0.465 e. The van der Waals surface area contributed by atoms with Crippen LogP contribution in [0.15, 0.2) is 0 Å². The van der Waals surface area contributed by atoms with E-state index in [1.165, 1.54) is 6.92 Å². The Bertz CT molecular complexity index is 386. The zero-order chi connectivity index (χ0) is 16.5. The third-order valence-electron chi connectivity index (χ3n) is 4.40. The van der Waals surface area contributed by atoms with Crippen LogP contribution in [0.4, 0.5) is 0 Å². The lowest BCUT2D eigenvalue weighted by molar-refractivity contribution is -0.146. The van der Waals surface area contributed by atoms with E-state index in [1.54, 1.807) is 0 Å². The van der Waals surface area contributed by atoms with Crippen LogP contribution < -0.4 is 10.6 Å². The first-order chi connectivity index (χ1) is 11.1. The van der Waals surface area contributed by atoms with Crippen molar-refractivity contribution < 1.29 is 19.1 Å². The van der Waals surface area contributed by atoms with Gasteiger partial charge < -0.3 is 20.1 Å². The molecule has 0 aromatic rings. The van der Waals surface area contributed by atoms with E-state index >= 15 is 0 Å². The molecule has 0 aromatic heterocycles. The molecule has 0 amide bonds. The molecular formula is C16H29N3O4. The van der Waals surface area contributed by atoms with E-state index in [1.807, 2.05) is 0 Å². The van der Waals surface area contributed by atoms with Gasteiger partial charge in [-0.15, -0.1) is 0 Å². The molecule has 2 N–H and O–H groups in total. The summed E-state index contributed by atoms with van der Waals surface area (Å²) in [5, 5.41) is 6.67. The fourth-order valence-electron chi connectivity index (χ4n) is 3.07. The average Bonchev–Trinajstić information content (AvgIpc) is 2.54. The lowest BCUT2D eigenvalue weighted by atomic mass is 9.99. The zero-order valence-electron chi connectivity index (χ0n) is 14.0. The van der Waals surface area contributed by atoms with Gasteiger partial charge in [0.05, 0.1) is 13.0 Å². The highest BCUT2D eigenvalue weighted by molar-refractivity contribution is 5.70. The summed E-state index contributed by atoms with van der Waals surface area (Å²) >= 11 is 0. The van der Waals surface area contributed by atoms with Gasteiger partial charge in [0.2, 0.25) is 0 Å². The molecule has 1 unspecified atom stereocenters. The van der Waals surface area contributed by atoms with Crippen LogP contribution in [0.1, 0.15) is 26.2 Å². The Labute approximate surface area is 138 Å². The van der Waals surface area contributed by atoms with Crippen LogP contribution in [0, 0.1) is 5.92 Å². The van der Waals surface area contributed by atoms with Crippen molar-refractivity contribution in [2.24, 2.45) is 5.92 Å². The predicted octanol–water partition coefficient (Wildman–Crippen LogP) is -0.244. The Morgan fingerprint density at radius 1 is 1.17 bits per heavy atom. The molecule has 0 radical (unpaired) electrons. The van der Waals surface area contributed by atoms with Gasteiger partial charge in [0, 0.05) is 39.1 Å². The van der Waals surface area contributed by atoms with Gasteiger partial charge in [-0.25, -0.2) is 0 Å². The van der Waals surface area contributed by atoms with Gasteiger partial charge in [0.25, 0.3) is 0 Å². The molecule has 2 rings (SSSR count). The predicted molar refractivity (Wildman–Crippen MR) is 86.0 cm³/mol. The van der Waals surface area contributed by atoms with Crippen molar-refractivity contribution in [3.63, 3.8) is 0 Å². The van der Waals surface area contributed by atoms with E-state index in [0.717, 1.165) is 45.6 Å². The number of nitrogens with zero attached hydrogens (tertiary/aromatic N) is 1. The summed E-state index contributed by atoms with van der Waals surface area (Å²) < 4.78 is 10.4. The van der Waals surface area contributed by atoms with Crippen molar-refractivity contribution in [2.75, 3.05) is 52.5 Å². The average molecular weight is 327 g/mol. The number of piperidine rings is 1. The minimum Gasteiger partial charge on any atom is -0.465 e. The maximum atomic E-state index is 12.0. The summed E-state index contributed by atoms with van der Waals surface area (Å²) in [5.41, 5.74) is 0. The number of hydrogen-bond acceptors (Lipinski definition) is 7. The molecule has 2 fully saturated rings. The first kappa shape index (κ1) is 18.2. The first-order valence-corrected chi connectivity index (χ1v) is 8.59. The maximum Gasteiger partial charge on any atom is 0.307 e. The summed E-state index contributed by atoms with van der Waals surface area (Å²) in [5.74, 6) is 0.126. The fraction of sp³-hybridized carbons (Fsp3) is 0.875. The van der Waals surface area contributed by atoms with Crippen LogP contribution in [-0.2, 0) is 19.1 Å². The number of carbonyl (C=O) groups is 2. The number of hydrogen-bond donors (Lipinski definition) is 2.